The molecule has 1 aromatic carbocycles. The Hall–Kier alpha value is -0.420. The monoisotopic (exact) mass is 330 g/mol. The molecule has 0 aliphatic carbocycles. The maximum Gasteiger partial charge on any atom is 0.123 e. The molecular weight excluding hydrogens is 320 g/mol. The summed E-state index contributed by atoms with van der Waals surface area (Å²) in [4.78, 5) is 4.60. The van der Waals surface area contributed by atoms with Gasteiger partial charge in [0.15, 0.2) is 0 Å². The summed E-state index contributed by atoms with van der Waals surface area (Å²) in [5, 5.41) is 6.96. The van der Waals surface area contributed by atoms with Gasteiger partial charge < -0.3 is 5.32 Å². The van der Waals surface area contributed by atoms with Crippen LogP contribution in [0, 0.1) is 0 Å². The van der Waals surface area contributed by atoms with E-state index in [9.17, 15) is 0 Å². The summed E-state index contributed by atoms with van der Waals surface area (Å²) in [5.74, 6) is 0. The summed E-state index contributed by atoms with van der Waals surface area (Å²) < 4.78 is 0.906. The lowest BCUT2D eigenvalue weighted by molar-refractivity contribution is 0.637. The third-order valence-corrected chi connectivity index (χ3v) is 4.71. The van der Waals surface area contributed by atoms with Crippen molar-refractivity contribution in [2.75, 3.05) is 7.05 Å². The number of rotatable bonds is 3. The van der Waals surface area contributed by atoms with E-state index in [1.54, 1.807) is 11.3 Å². The molecule has 1 unspecified atom stereocenters. The molecule has 0 spiro atoms. The topological polar surface area (TPSA) is 24.9 Å². The van der Waals surface area contributed by atoms with Gasteiger partial charge in [-0.3, -0.25) is 0 Å². The van der Waals surface area contributed by atoms with Crippen molar-refractivity contribution in [3.05, 3.63) is 38.8 Å². The van der Waals surface area contributed by atoms with E-state index in [0.717, 1.165) is 20.7 Å². The number of thiazole rings is 1. The zero-order valence-electron chi connectivity index (χ0n) is 9.50. The van der Waals surface area contributed by atoms with Gasteiger partial charge in [-0.1, -0.05) is 17.7 Å². The Bertz CT molecular complexity index is 527. The van der Waals surface area contributed by atoms with Crippen LogP contribution in [0.25, 0.3) is 10.6 Å². The number of nitrogens with zero attached hydrogens (tertiary/aromatic N) is 1. The molecule has 2 nitrogen and oxygen atoms in total. The molecule has 2 aromatic rings. The van der Waals surface area contributed by atoms with Crippen molar-refractivity contribution in [2.24, 2.45) is 0 Å². The van der Waals surface area contributed by atoms with Crippen LogP contribution < -0.4 is 5.32 Å². The zero-order chi connectivity index (χ0) is 12.4. The van der Waals surface area contributed by atoms with E-state index in [1.165, 1.54) is 0 Å². The number of aromatic nitrogens is 1. The van der Waals surface area contributed by atoms with E-state index < -0.39 is 0 Å². The van der Waals surface area contributed by atoms with Crippen molar-refractivity contribution in [2.45, 2.75) is 13.0 Å². The van der Waals surface area contributed by atoms with Crippen LogP contribution in [-0.4, -0.2) is 12.0 Å². The molecule has 5 heteroatoms. The van der Waals surface area contributed by atoms with Crippen LogP contribution in [0.5, 0.6) is 0 Å². The SMILES string of the molecule is CNC(C)c1csc(-c2ccc(Br)c(Cl)c2)n1. The molecule has 17 heavy (non-hydrogen) atoms. The fraction of sp³-hybridized carbons (Fsp3) is 0.250. The number of halogens is 2. The molecular formula is C12H12BrClN2S. The van der Waals surface area contributed by atoms with Crippen molar-refractivity contribution in [3.63, 3.8) is 0 Å². The Kier molecular flexibility index (Phi) is 4.20. The van der Waals surface area contributed by atoms with Gasteiger partial charge in [0.2, 0.25) is 0 Å². The Balaban J connectivity index is 2.33. The minimum absolute atomic E-state index is 0.269. The van der Waals surface area contributed by atoms with Crippen LogP contribution in [0.2, 0.25) is 5.02 Å². The van der Waals surface area contributed by atoms with Gasteiger partial charge in [0.05, 0.1) is 10.7 Å². The molecule has 0 saturated carbocycles. The van der Waals surface area contributed by atoms with Crippen LogP contribution in [0.15, 0.2) is 28.1 Å². The second-order valence-corrected chi connectivity index (χ2v) is 5.84. The smallest absolute Gasteiger partial charge is 0.123 e. The van der Waals surface area contributed by atoms with E-state index in [0.29, 0.717) is 5.02 Å². The molecule has 1 N–H and O–H groups in total. The van der Waals surface area contributed by atoms with Crippen LogP contribution in [0.1, 0.15) is 18.7 Å². The summed E-state index contributed by atoms with van der Waals surface area (Å²) in [6.45, 7) is 2.09. The predicted molar refractivity (Wildman–Crippen MR) is 77.7 cm³/mol. The number of hydrogen-bond acceptors (Lipinski definition) is 3. The summed E-state index contributed by atoms with van der Waals surface area (Å²) in [6.07, 6.45) is 0. The fourth-order valence-corrected chi connectivity index (χ4v) is 2.73. The van der Waals surface area contributed by atoms with Crippen LogP contribution in [0.4, 0.5) is 0 Å². The van der Waals surface area contributed by atoms with Crippen molar-refractivity contribution in [3.8, 4) is 10.6 Å². The Labute approximate surface area is 118 Å². The van der Waals surface area contributed by atoms with Gasteiger partial charge in [0.1, 0.15) is 5.01 Å². The van der Waals surface area contributed by atoms with Crippen LogP contribution in [-0.2, 0) is 0 Å². The van der Waals surface area contributed by atoms with E-state index in [2.05, 4.69) is 38.5 Å². The van der Waals surface area contributed by atoms with Crippen molar-refractivity contribution >= 4 is 38.9 Å². The van der Waals surface area contributed by atoms with Crippen LogP contribution in [0.3, 0.4) is 0 Å². The van der Waals surface area contributed by atoms with E-state index >= 15 is 0 Å². The Morgan fingerprint density at radius 2 is 2.24 bits per heavy atom. The van der Waals surface area contributed by atoms with E-state index in [1.807, 2.05) is 25.2 Å². The first-order valence-corrected chi connectivity index (χ1v) is 7.25. The third kappa shape index (κ3) is 2.88. The molecule has 0 fully saturated rings. The van der Waals surface area contributed by atoms with Gasteiger partial charge in [-0.2, -0.15) is 0 Å². The molecule has 0 bridgehead atoms. The van der Waals surface area contributed by atoms with Crippen molar-refractivity contribution in [1.29, 1.82) is 0 Å². The summed E-state index contributed by atoms with van der Waals surface area (Å²) in [6, 6.07) is 6.16. The fourth-order valence-electron chi connectivity index (χ4n) is 1.39. The quantitative estimate of drug-likeness (QED) is 0.895. The van der Waals surface area contributed by atoms with E-state index in [-0.39, 0.29) is 6.04 Å². The molecule has 1 atom stereocenters. The van der Waals surface area contributed by atoms with Gasteiger partial charge in [0.25, 0.3) is 0 Å². The highest BCUT2D eigenvalue weighted by molar-refractivity contribution is 9.10. The lowest BCUT2D eigenvalue weighted by Gasteiger charge is -2.05. The summed E-state index contributed by atoms with van der Waals surface area (Å²) >= 11 is 11.1. The number of hydrogen-bond donors (Lipinski definition) is 1. The molecule has 0 radical (unpaired) electrons. The maximum atomic E-state index is 6.08. The molecule has 90 valence electrons. The predicted octanol–water partition coefficient (Wildman–Crippen LogP) is 4.51. The van der Waals surface area contributed by atoms with Gasteiger partial charge >= 0.3 is 0 Å². The van der Waals surface area contributed by atoms with Gasteiger partial charge in [-0.15, -0.1) is 11.3 Å². The average Bonchev–Trinajstić information content (AvgIpc) is 2.81. The summed E-state index contributed by atoms with van der Waals surface area (Å²) in [5.41, 5.74) is 2.12. The first kappa shape index (κ1) is 13.0. The number of nitrogens with one attached hydrogen (secondary N) is 1. The average molecular weight is 332 g/mol. The standard InChI is InChI=1S/C12H12BrClN2S/c1-7(15-2)11-6-17-12(16-11)8-3-4-9(13)10(14)5-8/h3-7,15H,1-2H3. The van der Waals surface area contributed by atoms with Crippen LogP contribution >= 0.6 is 38.9 Å². The first-order chi connectivity index (χ1) is 8.11. The minimum Gasteiger partial charge on any atom is -0.312 e. The molecule has 0 aliphatic heterocycles. The van der Waals surface area contributed by atoms with E-state index in [4.69, 9.17) is 11.6 Å². The second-order valence-electron chi connectivity index (χ2n) is 3.72. The Morgan fingerprint density at radius 3 is 2.88 bits per heavy atom. The lowest BCUT2D eigenvalue weighted by atomic mass is 10.2. The molecule has 2 rings (SSSR count). The third-order valence-electron chi connectivity index (χ3n) is 2.57. The highest BCUT2D eigenvalue weighted by Gasteiger charge is 2.10. The minimum atomic E-state index is 0.269. The largest absolute Gasteiger partial charge is 0.312 e. The molecule has 0 amide bonds. The van der Waals surface area contributed by atoms with Gasteiger partial charge in [-0.05, 0) is 42.0 Å². The normalized spacial score (nSPS) is 12.7. The molecule has 1 aromatic heterocycles. The summed E-state index contributed by atoms with van der Waals surface area (Å²) in [7, 11) is 1.93. The first-order valence-electron chi connectivity index (χ1n) is 5.20. The molecule has 0 aliphatic rings. The highest BCUT2D eigenvalue weighted by atomic mass is 79.9. The Morgan fingerprint density at radius 1 is 1.47 bits per heavy atom. The second kappa shape index (κ2) is 5.48. The highest BCUT2D eigenvalue weighted by Crippen LogP contribution is 2.31. The van der Waals surface area contributed by atoms with Gasteiger partial charge in [0, 0.05) is 21.5 Å². The van der Waals surface area contributed by atoms with Crippen molar-refractivity contribution in [1.82, 2.24) is 10.3 Å². The molecule has 1 heterocycles. The molecule has 0 saturated heterocycles. The van der Waals surface area contributed by atoms with Gasteiger partial charge in [-0.25, -0.2) is 4.98 Å². The maximum absolute atomic E-state index is 6.08. The zero-order valence-corrected chi connectivity index (χ0v) is 12.7. The van der Waals surface area contributed by atoms with Crippen molar-refractivity contribution < 1.29 is 0 Å². The number of benzene rings is 1. The lowest BCUT2D eigenvalue weighted by Crippen LogP contribution is -2.12.